The number of aliphatic hydroxyl groups excluding tert-OH is 1. The van der Waals surface area contributed by atoms with Gasteiger partial charge < -0.3 is 10.8 Å². The second-order valence-corrected chi connectivity index (χ2v) is 6.38. The van der Waals surface area contributed by atoms with Crippen molar-refractivity contribution in [1.82, 2.24) is 4.72 Å². The van der Waals surface area contributed by atoms with Crippen LogP contribution < -0.4 is 10.5 Å². The van der Waals surface area contributed by atoms with E-state index >= 15 is 0 Å². The van der Waals surface area contributed by atoms with E-state index in [2.05, 4.69) is 4.72 Å². The van der Waals surface area contributed by atoms with Crippen molar-refractivity contribution in [2.75, 3.05) is 12.3 Å². The fourth-order valence-corrected chi connectivity index (χ4v) is 3.05. The Morgan fingerprint density at radius 3 is 2.44 bits per heavy atom. The first-order valence-electron chi connectivity index (χ1n) is 5.77. The van der Waals surface area contributed by atoms with Crippen LogP contribution in [0.3, 0.4) is 0 Å². The van der Waals surface area contributed by atoms with Gasteiger partial charge in [-0.15, -0.1) is 0 Å². The number of nitrogens with one attached hydrogen (secondary N) is 1. The maximum absolute atomic E-state index is 12.1. The van der Waals surface area contributed by atoms with Gasteiger partial charge in [-0.25, -0.2) is 13.1 Å². The van der Waals surface area contributed by atoms with Crippen molar-refractivity contribution in [3.8, 4) is 0 Å². The monoisotopic (exact) mass is 272 g/mol. The topological polar surface area (TPSA) is 92.4 Å². The average molecular weight is 272 g/mol. The summed E-state index contributed by atoms with van der Waals surface area (Å²) in [6.07, 6.45) is 0. The van der Waals surface area contributed by atoms with Gasteiger partial charge in [0.05, 0.1) is 12.3 Å². The lowest BCUT2D eigenvalue weighted by molar-refractivity contribution is 0.227. The van der Waals surface area contributed by atoms with Crippen molar-refractivity contribution in [2.24, 2.45) is 5.92 Å². The number of sulfonamides is 1. The number of nitrogens with two attached hydrogens (primary N) is 1. The zero-order valence-electron chi connectivity index (χ0n) is 10.8. The van der Waals surface area contributed by atoms with Crippen LogP contribution in [0.15, 0.2) is 23.1 Å². The van der Waals surface area contributed by atoms with Crippen LogP contribution in [-0.2, 0) is 10.0 Å². The highest BCUT2D eigenvalue weighted by Gasteiger charge is 2.23. The molecular weight excluding hydrogens is 252 g/mol. The molecule has 1 atom stereocenters. The van der Waals surface area contributed by atoms with Crippen LogP contribution in [0.2, 0.25) is 0 Å². The van der Waals surface area contributed by atoms with E-state index in [1.54, 1.807) is 12.1 Å². The predicted molar refractivity (Wildman–Crippen MR) is 71.6 cm³/mol. The quantitative estimate of drug-likeness (QED) is 0.694. The molecule has 0 aromatic heterocycles. The number of nitrogen functional groups attached to an aromatic ring is 1. The van der Waals surface area contributed by atoms with Crippen molar-refractivity contribution >= 4 is 15.7 Å². The van der Waals surface area contributed by atoms with Gasteiger partial charge in [-0.1, -0.05) is 19.9 Å². The van der Waals surface area contributed by atoms with Gasteiger partial charge in [0.1, 0.15) is 4.90 Å². The molecule has 1 aromatic rings. The first-order valence-corrected chi connectivity index (χ1v) is 7.25. The minimum absolute atomic E-state index is 0.00329. The Balaban J connectivity index is 3.06. The van der Waals surface area contributed by atoms with E-state index in [0.717, 1.165) is 5.56 Å². The number of hydrogen-bond acceptors (Lipinski definition) is 4. The Hall–Kier alpha value is -1.11. The molecule has 0 heterocycles. The third-order valence-electron chi connectivity index (χ3n) is 2.76. The Labute approximate surface area is 108 Å². The summed E-state index contributed by atoms with van der Waals surface area (Å²) >= 11 is 0. The van der Waals surface area contributed by atoms with E-state index in [1.807, 2.05) is 20.8 Å². The summed E-state index contributed by atoms with van der Waals surface area (Å²) in [5.74, 6) is -0.00329. The summed E-state index contributed by atoms with van der Waals surface area (Å²) in [6, 6.07) is 4.25. The molecule has 4 N–H and O–H groups in total. The van der Waals surface area contributed by atoms with Crippen molar-refractivity contribution in [3.63, 3.8) is 0 Å². The summed E-state index contributed by atoms with van der Waals surface area (Å²) in [7, 11) is -3.70. The number of benzene rings is 1. The summed E-state index contributed by atoms with van der Waals surface area (Å²) < 4.78 is 26.7. The number of anilines is 1. The van der Waals surface area contributed by atoms with Crippen LogP contribution >= 0.6 is 0 Å². The van der Waals surface area contributed by atoms with E-state index in [0.29, 0.717) is 0 Å². The number of hydrogen-bond donors (Lipinski definition) is 3. The van der Waals surface area contributed by atoms with E-state index < -0.39 is 16.1 Å². The molecule has 0 aliphatic rings. The Kier molecular flexibility index (Phi) is 4.72. The Morgan fingerprint density at radius 1 is 1.39 bits per heavy atom. The SMILES string of the molecule is Cc1ccc(S(=O)(=O)N[C@H](CO)C(C)C)c(N)c1. The molecule has 0 saturated heterocycles. The zero-order valence-corrected chi connectivity index (χ0v) is 11.7. The molecule has 0 aliphatic carbocycles. The lowest BCUT2D eigenvalue weighted by Crippen LogP contribution is -2.41. The first kappa shape index (κ1) is 14.9. The van der Waals surface area contributed by atoms with Crippen LogP contribution in [0.5, 0.6) is 0 Å². The molecule has 1 rings (SSSR count). The van der Waals surface area contributed by atoms with Crippen LogP contribution in [0, 0.1) is 12.8 Å². The summed E-state index contributed by atoms with van der Waals surface area (Å²) in [5, 5.41) is 9.16. The highest BCUT2D eigenvalue weighted by atomic mass is 32.2. The minimum Gasteiger partial charge on any atom is -0.398 e. The fraction of sp³-hybridized carbons (Fsp3) is 0.500. The van der Waals surface area contributed by atoms with Gasteiger partial charge in [0.25, 0.3) is 0 Å². The highest BCUT2D eigenvalue weighted by molar-refractivity contribution is 7.89. The van der Waals surface area contributed by atoms with Gasteiger partial charge in [0, 0.05) is 6.04 Å². The second-order valence-electron chi connectivity index (χ2n) is 4.70. The lowest BCUT2D eigenvalue weighted by atomic mass is 10.1. The Bertz CT molecular complexity index is 512. The van der Waals surface area contributed by atoms with Gasteiger partial charge in [-0.05, 0) is 30.5 Å². The zero-order chi connectivity index (χ0) is 13.9. The third-order valence-corrected chi connectivity index (χ3v) is 4.33. The molecule has 0 fully saturated rings. The summed E-state index contributed by atoms with van der Waals surface area (Å²) in [6.45, 7) is 5.26. The third kappa shape index (κ3) is 3.44. The number of aryl methyl sites for hydroxylation is 1. The molecule has 0 unspecified atom stereocenters. The van der Waals surface area contributed by atoms with E-state index in [1.165, 1.54) is 6.07 Å². The maximum atomic E-state index is 12.1. The molecule has 0 radical (unpaired) electrons. The van der Waals surface area contributed by atoms with E-state index in [-0.39, 0.29) is 23.1 Å². The fourth-order valence-electron chi connectivity index (χ4n) is 1.56. The smallest absolute Gasteiger partial charge is 0.242 e. The van der Waals surface area contributed by atoms with Gasteiger partial charge in [0.15, 0.2) is 0 Å². The molecule has 0 aliphatic heterocycles. The molecule has 5 nitrogen and oxygen atoms in total. The lowest BCUT2D eigenvalue weighted by Gasteiger charge is -2.20. The molecule has 0 amide bonds. The minimum atomic E-state index is -3.70. The van der Waals surface area contributed by atoms with Gasteiger partial charge in [0.2, 0.25) is 10.0 Å². The van der Waals surface area contributed by atoms with Crippen LogP contribution in [-0.4, -0.2) is 26.2 Å². The second kappa shape index (κ2) is 5.69. The first-order chi connectivity index (χ1) is 8.27. The molecule has 1 aromatic carbocycles. The van der Waals surface area contributed by atoms with Crippen molar-refractivity contribution in [2.45, 2.75) is 31.7 Å². The van der Waals surface area contributed by atoms with Crippen LogP contribution in [0.25, 0.3) is 0 Å². The molecule has 0 saturated carbocycles. The van der Waals surface area contributed by atoms with Crippen LogP contribution in [0.4, 0.5) is 5.69 Å². The van der Waals surface area contributed by atoms with Crippen molar-refractivity contribution < 1.29 is 13.5 Å². The van der Waals surface area contributed by atoms with E-state index in [4.69, 9.17) is 10.8 Å². The Morgan fingerprint density at radius 2 is 2.00 bits per heavy atom. The summed E-state index contributed by atoms with van der Waals surface area (Å²) in [4.78, 5) is 0.0483. The standard InChI is InChI=1S/C12H20N2O3S/c1-8(2)11(7-15)14-18(16,17)12-5-4-9(3)6-10(12)13/h4-6,8,11,14-15H,7,13H2,1-3H3/t11-/m1/s1. The largest absolute Gasteiger partial charge is 0.398 e. The maximum Gasteiger partial charge on any atom is 0.242 e. The van der Waals surface area contributed by atoms with Crippen LogP contribution in [0.1, 0.15) is 19.4 Å². The summed E-state index contributed by atoms with van der Waals surface area (Å²) in [5.41, 5.74) is 6.83. The molecule has 102 valence electrons. The molecular formula is C12H20N2O3S. The van der Waals surface area contributed by atoms with Gasteiger partial charge >= 0.3 is 0 Å². The molecule has 0 spiro atoms. The van der Waals surface area contributed by atoms with Crippen molar-refractivity contribution in [3.05, 3.63) is 23.8 Å². The number of rotatable bonds is 5. The normalized spacial score (nSPS) is 13.8. The highest BCUT2D eigenvalue weighted by Crippen LogP contribution is 2.20. The molecule has 0 bridgehead atoms. The van der Waals surface area contributed by atoms with Gasteiger partial charge in [-0.3, -0.25) is 0 Å². The molecule has 18 heavy (non-hydrogen) atoms. The average Bonchev–Trinajstić information content (AvgIpc) is 2.24. The number of aliphatic hydroxyl groups is 1. The van der Waals surface area contributed by atoms with E-state index in [9.17, 15) is 8.42 Å². The van der Waals surface area contributed by atoms with Gasteiger partial charge in [-0.2, -0.15) is 0 Å². The molecule has 6 heteroatoms. The van der Waals surface area contributed by atoms with Crippen molar-refractivity contribution in [1.29, 1.82) is 0 Å². The predicted octanol–water partition coefficient (Wildman–Crippen LogP) is 0.872.